The number of fused-ring (bicyclic) bond motifs is 1. The lowest BCUT2D eigenvalue weighted by atomic mass is 10.0. The van der Waals surface area contributed by atoms with E-state index in [2.05, 4.69) is 9.88 Å². The highest BCUT2D eigenvalue weighted by atomic mass is 16.4. The zero-order valence-corrected chi connectivity index (χ0v) is 15.0. The Kier molecular flexibility index (Phi) is 3.92. The summed E-state index contributed by atoms with van der Waals surface area (Å²) in [7, 11) is 0. The van der Waals surface area contributed by atoms with Gasteiger partial charge >= 0.3 is 5.97 Å². The van der Waals surface area contributed by atoms with Crippen LogP contribution in [-0.2, 0) is 4.79 Å². The molecule has 2 aromatic carbocycles. The van der Waals surface area contributed by atoms with Crippen LogP contribution in [0.15, 0.2) is 54.6 Å². The van der Waals surface area contributed by atoms with E-state index >= 15 is 0 Å². The summed E-state index contributed by atoms with van der Waals surface area (Å²) in [6, 6.07) is 16.4. The van der Waals surface area contributed by atoms with Crippen LogP contribution in [0.2, 0.25) is 0 Å². The summed E-state index contributed by atoms with van der Waals surface area (Å²) in [4.78, 5) is 23.4. The molecule has 134 valence electrons. The zero-order chi connectivity index (χ0) is 19.1. The number of anilines is 1. The van der Waals surface area contributed by atoms with Crippen LogP contribution in [0.3, 0.4) is 0 Å². The Bertz CT molecular complexity index is 1110. The molecular formula is C22H18N2O3. The second-order valence-electron chi connectivity index (χ2n) is 6.57. The third-order valence-electron chi connectivity index (χ3n) is 4.85. The first-order valence-electron chi connectivity index (χ1n) is 8.61. The molecular weight excluding hydrogens is 340 g/mol. The monoisotopic (exact) mass is 358 g/mol. The number of hydrogen-bond acceptors (Lipinski definition) is 2. The molecule has 0 atom stereocenters. The molecule has 5 heteroatoms. The number of carbonyl (C=O) groups excluding carboxylic acids is 1. The van der Waals surface area contributed by atoms with Crippen molar-refractivity contribution in [3.63, 3.8) is 0 Å². The van der Waals surface area contributed by atoms with Crippen LogP contribution in [0, 0.1) is 13.8 Å². The van der Waals surface area contributed by atoms with Crippen molar-refractivity contribution in [3.8, 4) is 5.69 Å². The minimum atomic E-state index is -0.946. The molecule has 2 N–H and O–H groups in total. The Morgan fingerprint density at radius 3 is 2.48 bits per heavy atom. The molecule has 4 rings (SSSR count). The summed E-state index contributed by atoms with van der Waals surface area (Å²) in [6.45, 7) is 3.98. The Morgan fingerprint density at radius 1 is 1.07 bits per heavy atom. The number of aryl methyl sites for hydroxylation is 1. The number of amides is 1. The first-order chi connectivity index (χ1) is 13.0. The van der Waals surface area contributed by atoms with Gasteiger partial charge in [-0.3, -0.25) is 4.79 Å². The molecule has 3 aromatic rings. The number of rotatable bonds is 3. The summed E-state index contributed by atoms with van der Waals surface area (Å²) < 4.78 is 2.05. The average Bonchev–Trinajstić information content (AvgIpc) is 3.11. The molecule has 0 saturated carbocycles. The average molecular weight is 358 g/mol. The summed E-state index contributed by atoms with van der Waals surface area (Å²) in [6.07, 6.45) is 1.91. The second-order valence-corrected chi connectivity index (χ2v) is 6.57. The molecule has 0 bridgehead atoms. The molecule has 5 nitrogen and oxygen atoms in total. The number of nitrogens with one attached hydrogen (secondary N) is 1. The molecule has 0 aliphatic carbocycles. The number of aromatic nitrogens is 1. The Balaban J connectivity index is 1.78. The van der Waals surface area contributed by atoms with E-state index in [-0.39, 0.29) is 11.5 Å². The van der Waals surface area contributed by atoms with Gasteiger partial charge in [-0.15, -0.1) is 0 Å². The number of carboxylic acid groups (broad SMARTS) is 1. The SMILES string of the molecule is Cc1cc(/C=C2/C(=O)Nc3ccccc32)c(C)n1-c1ccc(C(=O)O)cc1. The summed E-state index contributed by atoms with van der Waals surface area (Å²) in [5, 5.41) is 12.0. The van der Waals surface area contributed by atoms with Gasteiger partial charge < -0.3 is 15.0 Å². The first-order valence-corrected chi connectivity index (χ1v) is 8.61. The number of nitrogens with zero attached hydrogens (tertiary/aromatic N) is 1. The van der Waals surface area contributed by atoms with Crippen molar-refractivity contribution >= 4 is 29.2 Å². The van der Waals surface area contributed by atoms with Crippen LogP contribution in [0.5, 0.6) is 0 Å². The first kappa shape index (κ1) is 16.8. The Hall–Kier alpha value is -3.60. The standard InChI is InChI=1S/C22H18N2O3/c1-13-11-16(12-19-18-5-3-4-6-20(18)23-21(19)25)14(2)24(13)17-9-7-15(8-10-17)22(26)27/h3-12H,1-2H3,(H,23,25)(H,26,27)/b19-12+. The van der Waals surface area contributed by atoms with Gasteiger partial charge in [-0.25, -0.2) is 4.79 Å². The Labute approximate surface area is 156 Å². The minimum absolute atomic E-state index is 0.105. The largest absolute Gasteiger partial charge is 0.478 e. The van der Waals surface area contributed by atoms with Gasteiger partial charge in [0.15, 0.2) is 0 Å². The molecule has 1 aliphatic heterocycles. The van der Waals surface area contributed by atoms with E-state index in [9.17, 15) is 9.59 Å². The quantitative estimate of drug-likeness (QED) is 0.686. The lowest BCUT2D eigenvalue weighted by Gasteiger charge is -2.10. The van der Waals surface area contributed by atoms with Gasteiger partial charge in [0.1, 0.15) is 0 Å². The van der Waals surface area contributed by atoms with E-state index in [1.54, 1.807) is 24.3 Å². The van der Waals surface area contributed by atoms with E-state index in [1.807, 2.05) is 50.3 Å². The predicted octanol–water partition coefficient (Wildman–Crippen LogP) is 4.29. The number of carbonyl (C=O) groups is 2. The van der Waals surface area contributed by atoms with Gasteiger partial charge in [-0.2, -0.15) is 0 Å². The van der Waals surface area contributed by atoms with Crippen molar-refractivity contribution in [1.29, 1.82) is 0 Å². The fourth-order valence-electron chi connectivity index (χ4n) is 3.52. The molecule has 27 heavy (non-hydrogen) atoms. The van der Waals surface area contributed by atoms with Crippen molar-refractivity contribution in [2.45, 2.75) is 13.8 Å². The zero-order valence-electron chi connectivity index (χ0n) is 15.0. The van der Waals surface area contributed by atoms with Crippen LogP contribution in [0.1, 0.15) is 32.9 Å². The number of para-hydroxylation sites is 1. The maximum atomic E-state index is 12.4. The molecule has 1 aromatic heterocycles. The number of benzene rings is 2. The lowest BCUT2D eigenvalue weighted by Crippen LogP contribution is -2.04. The molecule has 0 spiro atoms. The van der Waals surface area contributed by atoms with Crippen molar-refractivity contribution < 1.29 is 14.7 Å². The van der Waals surface area contributed by atoms with Crippen molar-refractivity contribution in [3.05, 3.63) is 82.7 Å². The highest BCUT2D eigenvalue weighted by Gasteiger charge is 2.24. The molecule has 1 amide bonds. The van der Waals surface area contributed by atoms with E-state index in [1.165, 1.54) is 0 Å². The molecule has 1 aliphatic rings. The van der Waals surface area contributed by atoms with Crippen LogP contribution in [0.4, 0.5) is 5.69 Å². The lowest BCUT2D eigenvalue weighted by molar-refractivity contribution is -0.110. The van der Waals surface area contributed by atoms with Crippen LogP contribution in [0.25, 0.3) is 17.3 Å². The van der Waals surface area contributed by atoms with E-state index in [0.717, 1.165) is 33.9 Å². The highest BCUT2D eigenvalue weighted by Crippen LogP contribution is 2.34. The summed E-state index contributed by atoms with van der Waals surface area (Å²) in [5.41, 5.74) is 6.46. The summed E-state index contributed by atoms with van der Waals surface area (Å²) >= 11 is 0. The molecule has 0 fully saturated rings. The van der Waals surface area contributed by atoms with Crippen LogP contribution >= 0.6 is 0 Å². The number of carboxylic acids is 1. The van der Waals surface area contributed by atoms with Crippen LogP contribution < -0.4 is 5.32 Å². The maximum Gasteiger partial charge on any atom is 0.335 e. The van der Waals surface area contributed by atoms with E-state index in [0.29, 0.717) is 5.57 Å². The summed E-state index contributed by atoms with van der Waals surface area (Å²) in [5.74, 6) is -1.05. The molecule has 2 heterocycles. The van der Waals surface area contributed by atoms with Gasteiger partial charge in [-0.05, 0) is 61.9 Å². The van der Waals surface area contributed by atoms with E-state index < -0.39 is 5.97 Å². The molecule has 0 radical (unpaired) electrons. The molecule has 0 saturated heterocycles. The van der Waals surface area contributed by atoms with E-state index in [4.69, 9.17) is 5.11 Å². The minimum Gasteiger partial charge on any atom is -0.478 e. The number of hydrogen-bond donors (Lipinski definition) is 2. The fourth-order valence-corrected chi connectivity index (χ4v) is 3.52. The van der Waals surface area contributed by atoms with Gasteiger partial charge in [0.25, 0.3) is 5.91 Å². The van der Waals surface area contributed by atoms with Crippen molar-refractivity contribution in [1.82, 2.24) is 4.57 Å². The third kappa shape index (κ3) is 2.83. The predicted molar refractivity (Wildman–Crippen MR) is 105 cm³/mol. The van der Waals surface area contributed by atoms with Gasteiger partial charge in [0.2, 0.25) is 0 Å². The van der Waals surface area contributed by atoms with Crippen molar-refractivity contribution in [2.75, 3.05) is 5.32 Å². The van der Waals surface area contributed by atoms with Crippen molar-refractivity contribution in [2.24, 2.45) is 0 Å². The fraction of sp³-hybridized carbons (Fsp3) is 0.0909. The van der Waals surface area contributed by atoms with Gasteiger partial charge in [0.05, 0.1) is 5.56 Å². The maximum absolute atomic E-state index is 12.4. The Morgan fingerprint density at radius 2 is 1.78 bits per heavy atom. The highest BCUT2D eigenvalue weighted by molar-refractivity contribution is 6.34. The van der Waals surface area contributed by atoms with Gasteiger partial charge in [-0.1, -0.05) is 18.2 Å². The number of aromatic carboxylic acids is 1. The topological polar surface area (TPSA) is 71.3 Å². The normalized spacial score (nSPS) is 14.3. The second kappa shape index (κ2) is 6.29. The van der Waals surface area contributed by atoms with Crippen LogP contribution in [-0.4, -0.2) is 21.6 Å². The van der Waals surface area contributed by atoms with Gasteiger partial charge in [0, 0.05) is 33.9 Å². The smallest absolute Gasteiger partial charge is 0.335 e. The third-order valence-corrected chi connectivity index (χ3v) is 4.85. The molecule has 0 unspecified atom stereocenters.